The molecule has 0 N–H and O–H groups in total. The Kier molecular flexibility index (Phi) is 50.0. The molecule has 0 aliphatic rings. The lowest BCUT2D eigenvalue weighted by Crippen LogP contribution is -2.30. The third kappa shape index (κ3) is 51.2. The molecule has 0 aliphatic carbocycles. The first-order valence-corrected chi connectivity index (χ1v) is 26.7. The van der Waals surface area contributed by atoms with Gasteiger partial charge in [0.2, 0.25) is 0 Å². The van der Waals surface area contributed by atoms with Crippen LogP contribution in [0, 0.1) is 0 Å². The zero-order valence-corrected chi connectivity index (χ0v) is 42.2. The molecular weight excluding hydrogens is 805 g/mol. The van der Waals surface area contributed by atoms with Crippen LogP contribution in [-0.2, 0) is 28.6 Å². The van der Waals surface area contributed by atoms with Crippen molar-refractivity contribution in [1.82, 2.24) is 0 Å². The summed E-state index contributed by atoms with van der Waals surface area (Å²) in [5, 5.41) is 0. The standard InChI is InChI=1S/C59H98O6/c1-4-7-10-13-16-19-22-24-26-28-29-31-32-34-37-40-43-46-49-52-58(61)64-55-56(54-63-57(60)51-48-45-42-39-36-21-18-15-12-9-6-3)65-59(62)53-50-47-44-41-38-35-33-30-27-25-23-20-17-14-11-8-5-2/h7,10,15-16,18-19,24-27,29,31,34,37,43,46,56H,4-6,8-9,11-14,17,20-23,28,30,32-33,35-36,38-42,44-45,47-55H2,1-3H3/b10-7-,18-15-,19-16-,26-24-,27-25-,31-29-,37-34-,46-43-/t56-/m1/s1. The van der Waals surface area contributed by atoms with Gasteiger partial charge in [0.05, 0.1) is 0 Å². The summed E-state index contributed by atoms with van der Waals surface area (Å²) in [7, 11) is 0. The van der Waals surface area contributed by atoms with Gasteiger partial charge in [-0.05, 0) is 103 Å². The van der Waals surface area contributed by atoms with E-state index in [0.717, 1.165) is 89.9 Å². The monoisotopic (exact) mass is 903 g/mol. The molecule has 0 aromatic carbocycles. The van der Waals surface area contributed by atoms with Gasteiger partial charge in [0.15, 0.2) is 6.10 Å². The lowest BCUT2D eigenvalue weighted by Gasteiger charge is -2.18. The van der Waals surface area contributed by atoms with Crippen molar-refractivity contribution >= 4 is 17.9 Å². The van der Waals surface area contributed by atoms with E-state index in [2.05, 4.69) is 112 Å². The fraction of sp³-hybridized carbons (Fsp3) is 0.678. The van der Waals surface area contributed by atoms with Crippen molar-refractivity contribution in [3.8, 4) is 0 Å². The number of carbonyl (C=O) groups excluding carboxylic acids is 3. The van der Waals surface area contributed by atoms with E-state index in [4.69, 9.17) is 14.2 Å². The topological polar surface area (TPSA) is 78.9 Å². The van der Waals surface area contributed by atoms with Crippen molar-refractivity contribution in [3.05, 3.63) is 97.2 Å². The predicted molar refractivity (Wildman–Crippen MR) is 279 cm³/mol. The first-order chi connectivity index (χ1) is 32.0. The molecule has 0 heterocycles. The van der Waals surface area contributed by atoms with E-state index in [0.29, 0.717) is 19.3 Å². The molecule has 65 heavy (non-hydrogen) atoms. The highest BCUT2D eigenvalue weighted by Gasteiger charge is 2.19. The van der Waals surface area contributed by atoms with Gasteiger partial charge in [-0.2, -0.15) is 0 Å². The molecule has 6 nitrogen and oxygen atoms in total. The second-order valence-electron chi connectivity index (χ2n) is 17.4. The Balaban J connectivity index is 4.49. The molecule has 0 spiro atoms. The molecular formula is C59H98O6. The molecule has 0 aromatic heterocycles. The van der Waals surface area contributed by atoms with Crippen LogP contribution in [0.2, 0.25) is 0 Å². The largest absolute Gasteiger partial charge is 0.462 e. The van der Waals surface area contributed by atoms with Crippen molar-refractivity contribution in [2.45, 2.75) is 245 Å². The highest BCUT2D eigenvalue weighted by Crippen LogP contribution is 2.14. The lowest BCUT2D eigenvalue weighted by molar-refractivity contribution is -0.166. The zero-order chi connectivity index (χ0) is 47.2. The van der Waals surface area contributed by atoms with Crippen LogP contribution in [0.1, 0.15) is 239 Å². The average Bonchev–Trinajstić information content (AvgIpc) is 3.30. The summed E-state index contributed by atoms with van der Waals surface area (Å²) in [6.45, 7) is 6.40. The Hall–Kier alpha value is -3.67. The van der Waals surface area contributed by atoms with Gasteiger partial charge in [0.25, 0.3) is 0 Å². The summed E-state index contributed by atoms with van der Waals surface area (Å²) in [6, 6.07) is 0. The molecule has 0 aliphatic heterocycles. The Morgan fingerprint density at radius 3 is 1.08 bits per heavy atom. The van der Waals surface area contributed by atoms with E-state index >= 15 is 0 Å². The molecule has 0 saturated heterocycles. The number of hydrogen-bond acceptors (Lipinski definition) is 6. The Labute approximate surface area is 400 Å². The summed E-state index contributed by atoms with van der Waals surface area (Å²) >= 11 is 0. The molecule has 0 radical (unpaired) electrons. The second kappa shape index (κ2) is 52.9. The van der Waals surface area contributed by atoms with Gasteiger partial charge < -0.3 is 14.2 Å². The Bertz CT molecular complexity index is 1310. The van der Waals surface area contributed by atoms with Gasteiger partial charge in [0.1, 0.15) is 13.2 Å². The number of hydrogen-bond donors (Lipinski definition) is 0. The third-order valence-electron chi connectivity index (χ3n) is 11.1. The van der Waals surface area contributed by atoms with Gasteiger partial charge >= 0.3 is 17.9 Å². The fourth-order valence-corrected chi connectivity index (χ4v) is 7.03. The molecule has 0 fully saturated rings. The molecule has 0 saturated carbocycles. The van der Waals surface area contributed by atoms with E-state index < -0.39 is 6.10 Å². The summed E-state index contributed by atoms with van der Waals surface area (Å²) in [5.74, 6) is -1.01. The number of esters is 3. The van der Waals surface area contributed by atoms with E-state index in [1.165, 1.54) is 103 Å². The Morgan fingerprint density at radius 2 is 0.646 bits per heavy atom. The number of unbranched alkanes of at least 4 members (excludes halogenated alkanes) is 20. The SMILES string of the molecule is CC/C=C\C/C=C\C/C=C\C/C=C\C/C=C\C/C=C\CCC(=O)OC[C@@H](COC(=O)CCCCCCC/C=C\CCCC)OC(=O)CCCCCCCCC/C=C\CCCCCCCC. The zero-order valence-electron chi connectivity index (χ0n) is 42.2. The van der Waals surface area contributed by atoms with Crippen LogP contribution in [0.5, 0.6) is 0 Å². The van der Waals surface area contributed by atoms with Crippen LogP contribution in [0.3, 0.4) is 0 Å². The molecule has 0 amide bonds. The van der Waals surface area contributed by atoms with E-state index in [9.17, 15) is 14.4 Å². The van der Waals surface area contributed by atoms with E-state index in [1.807, 2.05) is 6.08 Å². The summed E-state index contributed by atoms with van der Waals surface area (Å²) in [4.78, 5) is 38.0. The molecule has 0 bridgehead atoms. The first kappa shape index (κ1) is 61.3. The minimum atomic E-state index is -0.813. The Morgan fingerprint density at radius 1 is 0.323 bits per heavy atom. The minimum absolute atomic E-state index is 0.108. The van der Waals surface area contributed by atoms with Crippen LogP contribution in [0.15, 0.2) is 97.2 Å². The summed E-state index contributed by atoms with van der Waals surface area (Å²) in [6.07, 6.45) is 69.8. The van der Waals surface area contributed by atoms with Crippen molar-refractivity contribution in [3.63, 3.8) is 0 Å². The van der Waals surface area contributed by atoms with Gasteiger partial charge in [0, 0.05) is 19.3 Å². The van der Waals surface area contributed by atoms with E-state index in [1.54, 1.807) is 0 Å². The van der Waals surface area contributed by atoms with Crippen LogP contribution < -0.4 is 0 Å². The third-order valence-corrected chi connectivity index (χ3v) is 11.1. The first-order valence-electron chi connectivity index (χ1n) is 26.7. The fourth-order valence-electron chi connectivity index (χ4n) is 7.03. The van der Waals surface area contributed by atoms with E-state index in [-0.39, 0.29) is 37.5 Å². The maximum Gasteiger partial charge on any atom is 0.306 e. The maximum atomic E-state index is 12.8. The average molecular weight is 903 g/mol. The van der Waals surface area contributed by atoms with Crippen molar-refractivity contribution in [2.24, 2.45) is 0 Å². The molecule has 0 rings (SSSR count). The predicted octanol–water partition coefficient (Wildman–Crippen LogP) is 17.8. The van der Waals surface area contributed by atoms with Crippen LogP contribution in [0.4, 0.5) is 0 Å². The quantitative estimate of drug-likeness (QED) is 0.0262. The summed E-state index contributed by atoms with van der Waals surface area (Å²) in [5.41, 5.74) is 0. The molecule has 0 unspecified atom stereocenters. The number of carbonyl (C=O) groups is 3. The van der Waals surface area contributed by atoms with Crippen LogP contribution in [-0.4, -0.2) is 37.2 Å². The lowest BCUT2D eigenvalue weighted by atomic mass is 10.1. The molecule has 370 valence electrons. The van der Waals surface area contributed by atoms with Gasteiger partial charge in [-0.1, -0.05) is 214 Å². The number of ether oxygens (including phenoxy) is 3. The normalized spacial score (nSPS) is 12.8. The molecule has 6 heteroatoms. The summed E-state index contributed by atoms with van der Waals surface area (Å²) < 4.78 is 16.7. The smallest absolute Gasteiger partial charge is 0.306 e. The minimum Gasteiger partial charge on any atom is -0.462 e. The number of rotatable bonds is 47. The van der Waals surface area contributed by atoms with Gasteiger partial charge in [-0.3, -0.25) is 14.4 Å². The molecule has 0 aromatic rings. The maximum absolute atomic E-state index is 12.8. The van der Waals surface area contributed by atoms with Gasteiger partial charge in [-0.25, -0.2) is 0 Å². The van der Waals surface area contributed by atoms with Crippen LogP contribution in [0.25, 0.3) is 0 Å². The van der Waals surface area contributed by atoms with Gasteiger partial charge in [-0.15, -0.1) is 0 Å². The van der Waals surface area contributed by atoms with Crippen LogP contribution >= 0.6 is 0 Å². The van der Waals surface area contributed by atoms with Crippen molar-refractivity contribution < 1.29 is 28.6 Å². The second-order valence-corrected chi connectivity index (χ2v) is 17.4. The highest BCUT2D eigenvalue weighted by molar-refractivity contribution is 5.71. The van der Waals surface area contributed by atoms with Crippen molar-refractivity contribution in [1.29, 1.82) is 0 Å². The highest BCUT2D eigenvalue weighted by atomic mass is 16.6. The van der Waals surface area contributed by atoms with Crippen molar-refractivity contribution in [2.75, 3.05) is 13.2 Å². The number of allylic oxidation sites excluding steroid dienone is 16. The molecule has 1 atom stereocenters.